The van der Waals surface area contributed by atoms with Crippen LogP contribution < -0.4 is 0 Å². The second-order valence-corrected chi connectivity index (χ2v) is 1.91. The molecule has 60 valence electrons. The van der Waals surface area contributed by atoms with Gasteiger partial charge >= 0.3 is 5.97 Å². The first-order valence-corrected chi connectivity index (χ1v) is 2.81. The summed E-state index contributed by atoms with van der Waals surface area (Å²) in [7, 11) is 1.58. The largest absolute Gasteiger partial charge is 0.395 e. The van der Waals surface area contributed by atoms with E-state index in [0.717, 1.165) is 0 Å². The average Bonchev–Trinajstić information content (AvgIpc) is 1.88. The number of carbonyl (C=O) groups is 1. The number of halogens is 1. The van der Waals surface area contributed by atoms with Crippen LogP contribution in [0.25, 0.3) is 0 Å². The van der Waals surface area contributed by atoms with Crippen LogP contribution in [0.4, 0.5) is 4.53 Å². The Morgan fingerprint density at radius 3 is 2.80 bits per heavy atom. The van der Waals surface area contributed by atoms with Crippen LogP contribution in [0.3, 0.4) is 0 Å². The summed E-state index contributed by atoms with van der Waals surface area (Å²) in [5.74, 6) is -0.948. The summed E-state index contributed by atoms with van der Waals surface area (Å²) in [6, 6.07) is 0. The van der Waals surface area contributed by atoms with Crippen LogP contribution in [0.15, 0.2) is 0 Å². The molecule has 0 aliphatic rings. The predicted octanol–water partition coefficient (Wildman–Crippen LogP) is -0.662. The van der Waals surface area contributed by atoms with Crippen molar-refractivity contribution in [3.8, 4) is 0 Å². The molecule has 1 N–H and O–H groups in total. The van der Waals surface area contributed by atoms with Gasteiger partial charge in [-0.1, -0.05) is 0 Å². The van der Waals surface area contributed by atoms with E-state index in [1.54, 1.807) is 7.05 Å². The van der Waals surface area contributed by atoms with E-state index in [1.807, 2.05) is 0 Å². The number of nitrogens with zero attached hydrogens (tertiary/aromatic N) is 1. The minimum Gasteiger partial charge on any atom is -0.395 e. The van der Waals surface area contributed by atoms with Crippen molar-refractivity contribution < 1.29 is 19.4 Å². The normalized spacial score (nSPS) is 10.0. The van der Waals surface area contributed by atoms with Gasteiger partial charge in [-0.05, 0) is 7.05 Å². The van der Waals surface area contributed by atoms with Gasteiger partial charge in [-0.15, -0.1) is 0 Å². The summed E-state index contributed by atoms with van der Waals surface area (Å²) in [5, 5.41) is 8.33. The highest BCUT2D eigenvalue weighted by Gasteiger charge is 2.06. The van der Waals surface area contributed by atoms with Crippen LogP contribution in [0.2, 0.25) is 0 Å². The molecule has 0 aromatic carbocycles. The molecule has 0 unspecified atom stereocenters. The zero-order chi connectivity index (χ0) is 7.98. The molecular weight excluding hydrogens is 141 g/mol. The molecular formula is C5H10FNO3. The van der Waals surface area contributed by atoms with Gasteiger partial charge in [0, 0.05) is 11.1 Å². The van der Waals surface area contributed by atoms with Crippen molar-refractivity contribution >= 4 is 5.97 Å². The molecule has 0 rings (SSSR count). The summed E-state index contributed by atoms with van der Waals surface area (Å²) < 4.78 is 11.0. The molecule has 0 saturated heterocycles. The highest BCUT2D eigenvalue weighted by atomic mass is 19.3. The number of hydrogen-bond acceptors (Lipinski definition) is 4. The Labute approximate surface area is 58.1 Å². The number of aliphatic hydroxyl groups is 1. The van der Waals surface area contributed by atoms with Crippen LogP contribution in [0.5, 0.6) is 0 Å². The van der Waals surface area contributed by atoms with E-state index in [-0.39, 0.29) is 13.2 Å². The second-order valence-electron chi connectivity index (χ2n) is 1.91. The number of rotatable bonds is 4. The summed E-state index contributed by atoms with van der Waals surface area (Å²) in [6.07, 6.45) is 0. The molecule has 0 heterocycles. The monoisotopic (exact) mass is 151 g/mol. The van der Waals surface area contributed by atoms with Crippen molar-refractivity contribution in [1.29, 1.82) is 0 Å². The number of carbonyl (C=O) groups excluding carboxylic acids is 1. The van der Waals surface area contributed by atoms with Crippen molar-refractivity contribution in [3.63, 3.8) is 0 Å². The molecule has 0 bridgehead atoms. The van der Waals surface area contributed by atoms with Gasteiger partial charge in [-0.2, -0.15) is 0 Å². The quantitative estimate of drug-likeness (QED) is 0.579. The van der Waals surface area contributed by atoms with Gasteiger partial charge < -0.3 is 5.11 Å². The SMILES string of the molecule is CN(CCO)CC(=O)OF. The molecule has 5 heteroatoms. The first kappa shape index (κ1) is 9.32. The van der Waals surface area contributed by atoms with Crippen molar-refractivity contribution in [2.24, 2.45) is 0 Å². The Hall–Kier alpha value is -0.680. The third-order valence-electron chi connectivity index (χ3n) is 0.967. The molecule has 0 radical (unpaired) electrons. The third kappa shape index (κ3) is 4.22. The zero-order valence-electron chi connectivity index (χ0n) is 5.71. The van der Waals surface area contributed by atoms with Crippen molar-refractivity contribution in [2.75, 3.05) is 26.7 Å². The molecule has 0 aliphatic carbocycles. The lowest BCUT2D eigenvalue weighted by atomic mass is 10.5. The van der Waals surface area contributed by atoms with Crippen molar-refractivity contribution in [1.82, 2.24) is 4.90 Å². The number of hydrogen-bond donors (Lipinski definition) is 1. The molecule has 0 amide bonds. The van der Waals surface area contributed by atoms with Crippen LogP contribution in [0, 0.1) is 0 Å². The molecule has 0 atom stereocenters. The van der Waals surface area contributed by atoms with Gasteiger partial charge in [0.1, 0.15) is 6.54 Å². The summed E-state index contributed by atoms with van der Waals surface area (Å²) in [6.45, 7) is 0.127. The molecule has 0 aromatic heterocycles. The van der Waals surface area contributed by atoms with Crippen LogP contribution >= 0.6 is 0 Å². The Morgan fingerprint density at radius 1 is 1.80 bits per heavy atom. The fraction of sp³-hybridized carbons (Fsp3) is 0.800. The third-order valence-corrected chi connectivity index (χ3v) is 0.967. The van der Waals surface area contributed by atoms with Gasteiger partial charge in [-0.3, -0.25) is 9.84 Å². The standard InChI is InChI=1S/C5H10FNO3/c1-7(2-3-8)4-5(9)10-6/h8H,2-4H2,1H3. The number of aliphatic hydroxyl groups excluding tert-OH is 1. The fourth-order valence-electron chi connectivity index (χ4n) is 0.495. The maximum Gasteiger partial charge on any atom is 0.362 e. The van der Waals surface area contributed by atoms with E-state index in [0.29, 0.717) is 6.54 Å². The van der Waals surface area contributed by atoms with E-state index in [4.69, 9.17) is 5.11 Å². The van der Waals surface area contributed by atoms with Crippen LogP contribution in [0.1, 0.15) is 0 Å². The Morgan fingerprint density at radius 2 is 2.40 bits per heavy atom. The minimum atomic E-state index is -0.948. The number of likely N-dealkylation sites (N-methyl/N-ethyl adjacent to an activating group) is 1. The summed E-state index contributed by atoms with van der Waals surface area (Å²) in [5.41, 5.74) is 0. The maximum absolute atomic E-state index is 11.0. The molecule has 0 saturated carbocycles. The fourth-order valence-corrected chi connectivity index (χ4v) is 0.495. The van der Waals surface area contributed by atoms with Gasteiger partial charge in [0.2, 0.25) is 0 Å². The molecule has 0 fully saturated rings. The van der Waals surface area contributed by atoms with E-state index in [1.165, 1.54) is 4.90 Å². The van der Waals surface area contributed by atoms with Gasteiger partial charge in [-0.25, -0.2) is 4.79 Å². The van der Waals surface area contributed by atoms with E-state index in [2.05, 4.69) is 4.94 Å². The first-order chi connectivity index (χ1) is 4.70. The highest BCUT2D eigenvalue weighted by Crippen LogP contribution is 1.84. The van der Waals surface area contributed by atoms with Crippen LogP contribution in [-0.2, 0) is 9.74 Å². The van der Waals surface area contributed by atoms with Gasteiger partial charge in [0.25, 0.3) is 0 Å². The lowest BCUT2D eigenvalue weighted by Gasteiger charge is -2.10. The van der Waals surface area contributed by atoms with E-state index < -0.39 is 5.97 Å². The van der Waals surface area contributed by atoms with Gasteiger partial charge in [0.05, 0.1) is 6.61 Å². The van der Waals surface area contributed by atoms with Gasteiger partial charge in [0.15, 0.2) is 0 Å². The average molecular weight is 151 g/mol. The molecule has 0 aliphatic heterocycles. The van der Waals surface area contributed by atoms with E-state index in [9.17, 15) is 9.32 Å². The maximum atomic E-state index is 11.0. The first-order valence-electron chi connectivity index (χ1n) is 2.81. The summed E-state index contributed by atoms with van der Waals surface area (Å²) in [4.78, 5) is 14.5. The molecule has 4 nitrogen and oxygen atoms in total. The van der Waals surface area contributed by atoms with Crippen LogP contribution in [-0.4, -0.2) is 42.7 Å². The molecule has 10 heavy (non-hydrogen) atoms. The lowest BCUT2D eigenvalue weighted by molar-refractivity contribution is -0.184. The Bertz CT molecular complexity index is 109. The highest BCUT2D eigenvalue weighted by molar-refractivity contribution is 5.70. The molecule has 0 spiro atoms. The van der Waals surface area contributed by atoms with E-state index >= 15 is 0 Å². The Balaban J connectivity index is 3.37. The van der Waals surface area contributed by atoms with Crippen molar-refractivity contribution in [2.45, 2.75) is 0 Å². The Kier molecular flexibility index (Phi) is 4.78. The minimum absolute atomic E-state index is 0.0595. The molecule has 0 aromatic rings. The lowest BCUT2D eigenvalue weighted by Crippen LogP contribution is -2.28. The topological polar surface area (TPSA) is 49.8 Å². The zero-order valence-corrected chi connectivity index (χ0v) is 5.71. The second kappa shape index (κ2) is 5.13. The summed E-state index contributed by atoms with van der Waals surface area (Å²) >= 11 is 0. The van der Waals surface area contributed by atoms with Crippen molar-refractivity contribution in [3.05, 3.63) is 0 Å². The predicted molar refractivity (Wildman–Crippen MR) is 31.8 cm³/mol. The smallest absolute Gasteiger partial charge is 0.362 e.